The first-order valence-corrected chi connectivity index (χ1v) is 10.7. The Bertz CT molecular complexity index is 823. The summed E-state index contributed by atoms with van der Waals surface area (Å²) in [6, 6.07) is 3.47. The minimum absolute atomic E-state index is 0.0211. The van der Waals surface area contributed by atoms with Crippen LogP contribution in [0.1, 0.15) is 13.8 Å². The lowest BCUT2D eigenvalue weighted by Gasteiger charge is -2.22. The first-order chi connectivity index (χ1) is 12.4. The van der Waals surface area contributed by atoms with Crippen LogP contribution in [0.25, 0.3) is 0 Å². The van der Waals surface area contributed by atoms with Crippen LogP contribution in [0.2, 0.25) is 0 Å². The Kier molecular flexibility index (Phi) is 5.73. The number of nitrogens with zero attached hydrogens (tertiary/aromatic N) is 1. The molecule has 0 fully saturated rings. The maximum absolute atomic E-state index is 12.8. The quantitative estimate of drug-likeness (QED) is 0.765. The highest BCUT2D eigenvalue weighted by Gasteiger charge is 2.30. The van der Waals surface area contributed by atoms with Crippen molar-refractivity contribution in [2.45, 2.75) is 24.8 Å². The van der Waals surface area contributed by atoms with Crippen LogP contribution in [-0.2, 0) is 14.8 Å². The highest BCUT2D eigenvalue weighted by atomic mass is 32.2. The van der Waals surface area contributed by atoms with E-state index in [2.05, 4.69) is 15.0 Å². The van der Waals surface area contributed by atoms with E-state index in [0.29, 0.717) is 36.4 Å². The van der Waals surface area contributed by atoms with Crippen molar-refractivity contribution in [2.75, 3.05) is 25.5 Å². The third-order valence-electron chi connectivity index (χ3n) is 3.87. The Hall–Kier alpha value is -1.78. The van der Waals surface area contributed by atoms with E-state index in [4.69, 9.17) is 9.47 Å². The Balaban J connectivity index is 1.77. The molecular weight excluding hydrogens is 378 g/mol. The number of carbonyl (C=O) groups is 1. The summed E-state index contributed by atoms with van der Waals surface area (Å²) in [6.45, 7) is 4.99. The maximum atomic E-state index is 12.8. The minimum Gasteiger partial charge on any atom is -0.486 e. The van der Waals surface area contributed by atoms with Crippen LogP contribution in [0, 0.1) is 5.92 Å². The van der Waals surface area contributed by atoms with Gasteiger partial charge in [0.25, 0.3) is 0 Å². The molecule has 0 aromatic heterocycles. The van der Waals surface area contributed by atoms with Gasteiger partial charge in [-0.1, -0.05) is 25.6 Å². The van der Waals surface area contributed by atoms with E-state index < -0.39 is 22.0 Å². The molecule has 2 heterocycles. The van der Waals surface area contributed by atoms with Crippen LogP contribution in [0.4, 0.5) is 0 Å². The van der Waals surface area contributed by atoms with Crippen molar-refractivity contribution in [3.8, 4) is 11.5 Å². The standard InChI is InChI=1S/C16H21N3O5S2/c1-10(2)14(15(20)18-16-17-5-8-25-16)19-26(21,22)11-3-4-12-13(9-11)24-7-6-23-12/h3-4,9-10,14,19H,5-8H2,1-2H3,(H,17,18,20)/t14-/m1/s1. The highest BCUT2D eigenvalue weighted by Crippen LogP contribution is 2.32. The van der Waals surface area contributed by atoms with Gasteiger partial charge in [0, 0.05) is 11.8 Å². The first-order valence-electron chi connectivity index (χ1n) is 8.27. The molecule has 2 aliphatic rings. The largest absolute Gasteiger partial charge is 0.486 e. The van der Waals surface area contributed by atoms with Crippen molar-refractivity contribution in [3.63, 3.8) is 0 Å². The van der Waals surface area contributed by atoms with E-state index >= 15 is 0 Å². The van der Waals surface area contributed by atoms with Gasteiger partial charge in [-0.3, -0.25) is 9.79 Å². The van der Waals surface area contributed by atoms with Gasteiger partial charge in [-0.15, -0.1) is 0 Å². The molecule has 1 atom stereocenters. The number of hydrogen-bond donors (Lipinski definition) is 2. The van der Waals surface area contributed by atoms with E-state index in [0.717, 1.165) is 5.75 Å². The first kappa shape index (κ1) is 19.0. The zero-order valence-electron chi connectivity index (χ0n) is 14.5. The molecule has 0 saturated carbocycles. The molecule has 0 unspecified atom stereocenters. The predicted molar refractivity (Wildman–Crippen MR) is 99.3 cm³/mol. The molecule has 0 bridgehead atoms. The summed E-state index contributed by atoms with van der Waals surface area (Å²) in [5.74, 6) is 1.03. The number of aliphatic imine (C=N–C) groups is 1. The minimum atomic E-state index is -3.91. The van der Waals surface area contributed by atoms with Crippen LogP contribution in [0.5, 0.6) is 11.5 Å². The van der Waals surface area contributed by atoms with Gasteiger partial charge in [0.2, 0.25) is 15.9 Å². The molecule has 0 spiro atoms. The molecular formula is C16H21N3O5S2. The molecule has 0 aliphatic carbocycles. The molecule has 1 aromatic carbocycles. The van der Waals surface area contributed by atoms with Gasteiger partial charge in [-0.05, 0) is 18.1 Å². The number of sulfonamides is 1. The molecule has 10 heteroatoms. The fraction of sp³-hybridized carbons (Fsp3) is 0.500. The maximum Gasteiger partial charge on any atom is 0.244 e. The molecule has 2 aliphatic heterocycles. The van der Waals surface area contributed by atoms with E-state index in [1.807, 2.05) is 0 Å². The Morgan fingerprint density at radius 1 is 1.23 bits per heavy atom. The van der Waals surface area contributed by atoms with Gasteiger partial charge in [0.1, 0.15) is 19.3 Å². The van der Waals surface area contributed by atoms with Crippen LogP contribution < -0.4 is 19.5 Å². The monoisotopic (exact) mass is 399 g/mol. The van der Waals surface area contributed by atoms with Gasteiger partial charge in [-0.25, -0.2) is 8.42 Å². The lowest BCUT2D eigenvalue weighted by atomic mass is 10.1. The fourth-order valence-electron chi connectivity index (χ4n) is 2.51. The summed E-state index contributed by atoms with van der Waals surface area (Å²) in [6.07, 6.45) is 0. The molecule has 1 aromatic rings. The topological polar surface area (TPSA) is 106 Å². The predicted octanol–water partition coefficient (Wildman–Crippen LogP) is 0.980. The molecule has 3 rings (SSSR count). The van der Waals surface area contributed by atoms with Crippen molar-refractivity contribution in [1.29, 1.82) is 0 Å². The van der Waals surface area contributed by atoms with Crippen molar-refractivity contribution in [1.82, 2.24) is 10.0 Å². The molecule has 2 N–H and O–H groups in total. The zero-order valence-corrected chi connectivity index (χ0v) is 16.2. The number of ether oxygens (including phenoxy) is 2. The number of fused-ring (bicyclic) bond motifs is 1. The van der Waals surface area contributed by atoms with Crippen molar-refractivity contribution < 1.29 is 22.7 Å². The second-order valence-corrected chi connectivity index (χ2v) is 8.97. The summed E-state index contributed by atoms with van der Waals surface area (Å²) >= 11 is 1.44. The molecule has 0 radical (unpaired) electrons. The Morgan fingerprint density at radius 2 is 1.96 bits per heavy atom. The second kappa shape index (κ2) is 7.85. The highest BCUT2D eigenvalue weighted by molar-refractivity contribution is 8.14. The SMILES string of the molecule is CC(C)[C@@H](NS(=O)(=O)c1ccc2c(c1)OCCO2)C(=O)NC1=NCCS1. The number of benzene rings is 1. The van der Waals surface area contributed by atoms with Gasteiger partial charge in [0.15, 0.2) is 16.7 Å². The average molecular weight is 399 g/mol. The lowest BCUT2D eigenvalue weighted by Crippen LogP contribution is -2.50. The average Bonchev–Trinajstić information content (AvgIpc) is 3.12. The Morgan fingerprint density at radius 3 is 2.62 bits per heavy atom. The molecule has 142 valence electrons. The third-order valence-corrected chi connectivity index (χ3v) is 6.20. The third kappa shape index (κ3) is 4.30. The second-order valence-electron chi connectivity index (χ2n) is 6.17. The molecule has 1 amide bonds. The van der Waals surface area contributed by atoms with Crippen LogP contribution in [0.3, 0.4) is 0 Å². The van der Waals surface area contributed by atoms with Gasteiger partial charge >= 0.3 is 0 Å². The number of carbonyl (C=O) groups excluding carboxylic acids is 1. The normalized spacial score (nSPS) is 17.7. The number of thioether (sulfide) groups is 1. The van der Waals surface area contributed by atoms with E-state index in [-0.39, 0.29) is 10.8 Å². The number of nitrogens with one attached hydrogen (secondary N) is 2. The number of amides is 1. The van der Waals surface area contributed by atoms with E-state index in [9.17, 15) is 13.2 Å². The summed E-state index contributed by atoms with van der Waals surface area (Å²) in [5.41, 5.74) is 0. The molecule has 0 saturated heterocycles. The van der Waals surface area contributed by atoms with Crippen molar-refractivity contribution in [2.24, 2.45) is 10.9 Å². The van der Waals surface area contributed by atoms with E-state index in [1.54, 1.807) is 19.9 Å². The molecule has 8 nitrogen and oxygen atoms in total. The summed E-state index contributed by atoms with van der Waals surface area (Å²) in [4.78, 5) is 16.7. The van der Waals surface area contributed by atoms with E-state index in [1.165, 1.54) is 23.9 Å². The molecule has 26 heavy (non-hydrogen) atoms. The van der Waals surface area contributed by atoms with Crippen molar-refractivity contribution >= 4 is 32.9 Å². The summed E-state index contributed by atoms with van der Waals surface area (Å²) < 4.78 is 38.8. The van der Waals surface area contributed by atoms with Crippen LogP contribution >= 0.6 is 11.8 Å². The zero-order chi connectivity index (χ0) is 18.7. The summed E-state index contributed by atoms with van der Waals surface area (Å²) in [7, 11) is -3.91. The van der Waals surface area contributed by atoms with Crippen molar-refractivity contribution in [3.05, 3.63) is 18.2 Å². The van der Waals surface area contributed by atoms with Gasteiger partial charge < -0.3 is 14.8 Å². The van der Waals surface area contributed by atoms with Crippen LogP contribution in [0.15, 0.2) is 28.1 Å². The van der Waals surface area contributed by atoms with Gasteiger partial charge in [-0.2, -0.15) is 4.72 Å². The number of hydrogen-bond acceptors (Lipinski definition) is 7. The fourth-order valence-corrected chi connectivity index (χ4v) is 4.60. The Labute approximate surface area is 156 Å². The summed E-state index contributed by atoms with van der Waals surface area (Å²) in [5, 5.41) is 3.21. The van der Waals surface area contributed by atoms with Crippen LogP contribution in [-0.4, -0.2) is 51.0 Å². The van der Waals surface area contributed by atoms with Gasteiger partial charge in [0.05, 0.1) is 11.4 Å². The number of amidine groups is 1. The lowest BCUT2D eigenvalue weighted by molar-refractivity contribution is -0.122. The number of rotatable bonds is 5. The smallest absolute Gasteiger partial charge is 0.244 e.